The van der Waals surface area contributed by atoms with E-state index in [0.717, 1.165) is 28.9 Å². The number of nitrogens with zero attached hydrogens (tertiary/aromatic N) is 2. The Morgan fingerprint density at radius 3 is 2.88 bits per heavy atom. The molecule has 1 N–H and O–H groups in total. The van der Waals surface area contributed by atoms with Gasteiger partial charge in [0.1, 0.15) is 27.3 Å². The van der Waals surface area contributed by atoms with Gasteiger partial charge in [-0.2, -0.15) is 4.31 Å². The van der Waals surface area contributed by atoms with Crippen molar-refractivity contribution < 1.29 is 22.4 Å². The fourth-order valence-electron chi connectivity index (χ4n) is 3.91. The van der Waals surface area contributed by atoms with Gasteiger partial charge in [0.25, 0.3) is 10.0 Å². The zero-order valence-electron chi connectivity index (χ0n) is 18.0. The van der Waals surface area contributed by atoms with Crippen LogP contribution in [-0.2, 0) is 14.8 Å². The van der Waals surface area contributed by atoms with E-state index in [4.69, 9.17) is 20.8 Å². The lowest BCUT2D eigenvalue weighted by Gasteiger charge is -2.32. The number of halogens is 1. The lowest BCUT2D eigenvalue weighted by atomic mass is 10.0. The first-order valence-electron chi connectivity index (χ1n) is 10.5. The minimum Gasteiger partial charge on any atom is -0.497 e. The van der Waals surface area contributed by atoms with E-state index in [1.165, 1.54) is 21.7 Å². The number of amides is 1. The van der Waals surface area contributed by atoms with Crippen molar-refractivity contribution in [1.29, 1.82) is 0 Å². The molecule has 0 spiro atoms. The Kier molecular flexibility index (Phi) is 6.38. The number of piperidine rings is 1. The van der Waals surface area contributed by atoms with Crippen LogP contribution in [0.15, 0.2) is 50.4 Å². The first-order valence-corrected chi connectivity index (χ1v) is 14.0. The second-order valence-corrected chi connectivity index (χ2v) is 12.4. The summed E-state index contributed by atoms with van der Waals surface area (Å²) in [4.78, 5) is 17.6. The Hall–Kier alpha value is -2.44. The molecule has 4 aromatic rings. The van der Waals surface area contributed by atoms with E-state index < -0.39 is 22.0 Å². The molecule has 12 heteroatoms. The Morgan fingerprint density at radius 1 is 1.26 bits per heavy atom. The average molecular weight is 538 g/mol. The number of hydrogen-bond donors (Lipinski definition) is 1. The molecule has 1 atom stereocenters. The fraction of sp³-hybridized carbons (Fsp3) is 0.273. The van der Waals surface area contributed by atoms with Crippen molar-refractivity contribution in [1.82, 2.24) is 9.29 Å². The standard InChI is InChI=1S/C22H20ClN3O5S3/c1-30-14-5-6-17-13(10-14)11-18(31-17)15-12-32-22(24-15)25-21(27)16-4-2-3-9-26(16)34(28,29)20-8-7-19(23)33-20/h5-8,10-12,16H,2-4,9H2,1H3,(H,24,25,27). The molecule has 1 aliphatic rings. The van der Waals surface area contributed by atoms with Gasteiger partial charge >= 0.3 is 0 Å². The van der Waals surface area contributed by atoms with Gasteiger partial charge in [-0.05, 0) is 49.2 Å². The van der Waals surface area contributed by atoms with Crippen molar-refractivity contribution in [3.63, 3.8) is 0 Å². The van der Waals surface area contributed by atoms with Crippen molar-refractivity contribution in [2.45, 2.75) is 29.5 Å². The summed E-state index contributed by atoms with van der Waals surface area (Å²) in [5.41, 5.74) is 1.28. The van der Waals surface area contributed by atoms with Crippen molar-refractivity contribution in [3.8, 4) is 17.2 Å². The molecule has 8 nitrogen and oxygen atoms in total. The van der Waals surface area contributed by atoms with Crippen molar-refractivity contribution in [3.05, 3.63) is 46.1 Å². The number of nitrogens with one attached hydrogen (secondary N) is 1. The van der Waals surface area contributed by atoms with Gasteiger partial charge in [-0.15, -0.1) is 22.7 Å². The highest BCUT2D eigenvalue weighted by Gasteiger charge is 2.38. The van der Waals surface area contributed by atoms with Gasteiger partial charge in [0, 0.05) is 17.3 Å². The number of fused-ring (bicyclic) bond motifs is 1. The molecule has 1 amide bonds. The Balaban J connectivity index is 1.35. The lowest BCUT2D eigenvalue weighted by Crippen LogP contribution is -2.49. The first kappa shape index (κ1) is 23.3. The molecule has 1 unspecified atom stereocenters. The number of thiophene rings is 1. The van der Waals surface area contributed by atoms with Crippen LogP contribution in [0.2, 0.25) is 4.34 Å². The number of anilines is 1. The van der Waals surface area contributed by atoms with Gasteiger partial charge in [0.2, 0.25) is 5.91 Å². The molecule has 0 radical (unpaired) electrons. The number of furan rings is 1. The number of carbonyl (C=O) groups is 1. The van der Waals surface area contributed by atoms with E-state index in [1.54, 1.807) is 18.6 Å². The minimum absolute atomic E-state index is 0.134. The van der Waals surface area contributed by atoms with Crippen LogP contribution in [0, 0.1) is 0 Å². The lowest BCUT2D eigenvalue weighted by molar-refractivity contribution is -0.120. The molecule has 1 fully saturated rings. The molecule has 5 rings (SSSR count). The maximum Gasteiger partial charge on any atom is 0.253 e. The number of carbonyl (C=O) groups excluding carboxylic acids is 1. The Morgan fingerprint density at radius 2 is 2.12 bits per heavy atom. The van der Waals surface area contributed by atoms with Crippen LogP contribution in [0.1, 0.15) is 19.3 Å². The van der Waals surface area contributed by atoms with Gasteiger partial charge < -0.3 is 14.5 Å². The second kappa shape index (κ2) is 9.31. The van der Waals surface area contributed by atoms with Gasteiger partial charge in [0.05, 0.1) is 11.4 Å². The van der Waals surface area contributed by atoms with Crippen LogP contribution >= 0.6 is 34.3 Å². The smallest absolute Gasteiger partial charge is 0.253 e. The maximum absolute atomic E-state index is 13.2. The van der Waals surface area contributed by atoms with Crippen LogP contribution in [0.4, 0.5) is 5.13 Å². The molecule has 1 saturated heterocycles. The summed E-state index contributed by atoms with van der Waals surface area (Å²) in [7, 11) is -2.22. The quantitative estimate of drug-likeness (QED) is 0.350. The highest BCUT2D eigenvalue weighted by molar-refractivity contribution is 7.91. The number of sulfonamides is 1. The number of rotatable bonds is 6. The summed E-state index contributed by atoms with van der Waals surface area (Å²) in [5.74, 6) is 0.889. The van der Waals surface area contributed by atoms with E-state index >= 15 is 0 Å². The highest BCUT2D eigenvalue weighted by Crippen LogP contribution is 2.34. The van der Waals surface area contributed by atoms with E-state index in [0.29, 0.717) is 39.3 Å². The molecular weight excluding hydrogens is 518 g/mol. The molecule has 0 aliphatic carbocycles. The number of methoxy groups -OCH3 is 1. The summed E-state index contributed by atoms with van der Waals surface area (Å²) >= 11 is 8.18. The van der Waals surface area contributed by atoms with Crippen molar-refractivity contribution in [2.24, 2.45) is 0 Å². The van der Waals surface area contributed by atoms with Gasteiger partial charge in [-0.1, -0.05) is 18.0 Å². The van der Waals surface area contributed by atoms with Crippen molar-refractivity contribution >= 4 is 66.3 Å². The van der Waals surface area contributed by atoms with E-state index in [9.17, 15) is 13.2 Å². The summed E-state index contributed by atoms with van der Waals surface area (Å²) in [5, 5.41) is 5.83. The normalized spacial score (nSPS) is 17.2. The third-order valence-corrected chi connectivity index (χ3v) is 9.94. The minimum atomic E-state index is -3.82. The number of benzene rings is 1. The Labute approximate surface area is 209 Å². The monoisotopic (exact) mass is 537 g/mol. The molecule has 0 bridgehead atoms. The van der Waals surface area contributed by atoms with E-state index in [-0.39, 0.29) is 10.8 Å². The predicted molar refractivity (Wildman–Crippen MR) is 133 cm³/mol. The predicted octanol–water partition coefficient (Wildman–Crippen LogP) is 5.46. The van der Waals surface area contributed by atoms with E-state index in [2.05, 4.69) is 10.3 Å². The molecular formula is C22H20ClN3O5S3. The molecule has 3 aromatic heterocycles. The van der Waals surface area contributed by atoms with E-state index in [1.807, 2.05) is 24.3 Å². The molecule has 34 heavy (non-hydrogen) atoms. The number of hydrogen-bond acceptors (Lipinski definition) is 8. The summed E-state index contributed by atoms with van der Waals surface area (Å²) in [6, 6.07) is 9.58. The summed E-state index contributed by atoms with van der Waals surface area (Å²) in [6.45, 7) is 0.279. The molecule has 0 saturated carbocycles. The van der Waals surface area contributed by atoms with Crippen molar-refractivity contribution in [2.75, 3.05) is 19.0 Å². The van der Waals surface area contributed by atoms with Crippen LogP contribution < -0.4 is 10.1 Å². The summed E-state index contributed by atoms with van der Waals surface area (Å²) < 4.78 is 39.2. The zero-order chi connectivity index (χ0) is 23.9. The summed E-state index contributed by atoms with van der Waals surface area (Å²) in [6.07, 6.45) is 1.90. The van der Waals surface area contributed by atoms with Crippen LogP contribution in [0.3, 0.4) is 0 Å². The largest absolute Gasteiger partial charge is 0.497 e. The van der Waals surface area contributed by atoms with Crippen LogP contribution in [0.5, 0.6) is 5.75 Å². The van der Waals surface area contributed by atoms with Crippen LogP contribution in [-0.4, -0.2) is 43.3 Å². The number of thiazole rings is 1. The third-order valence-electron chi connectivity index (χ3n) is 5.58. The third kappa shape index (κ3) is 4.46. The molecule has 1 aromatic carbocycles. The highest BCUT2D eigenvalue weighted by atomic mass is 35.5. The zero-order valence-corrected chi connectivity index (χ0v) is 21.2. The number of aromatic nitrogens is 1. The first-order chi connectivity index (χ1) is 16.3. The Bertz CT molecular complexity index is 1460. The van der Waals surface area contributed by atoms with Crippen LogP contribution in [0.25, 0.3) is 22.4 Å². The van der Waals surface area contributed by atoms with Gasteiger partial charge in [-0.3, -0.25) is 4.79 Å². The average Bonchev–Trinajstić information content (AvgIpc) is 3.58. The second-order valence-electron chi connectivity index (χ2n) is 7.73. The molecule has 4 heterocycles. The molecule has 178 valence electrons. The topological polar surface area (TPSA) is 102 Å². The maximum atomic E-state index is 13.2. The fourth-order valence-corrected chi connectivity index (χ4v) is 7.89. The number of ether oxygens (including phenoxy) is 1. The van der Waals surface area contributed by atoms with Gasteiger partial charge in [-0.25, -0.2) is 13.4 Å². The SMILES string of the molecule is COc1ccc2oc(-c3csc(NC(=O)C4CCCCN4S(=O)(=O)c4ccc(Cl)s4)n3)cc2c1. The van der Waals surface area contributed by atoms with Gasteiger partial charge in [0.15, 0.2) is 10.9 Å². The molecule has 1 aliphatic heterocycles.